The molecule has 1 N–H and O–H groups in total. The average molecular weight is 362 g/mol. The number of hydrogen-bond acceptors (Lipinski definition) is 6. The van der Waals surface area contributed by atoms with Gasteiger partial charge in [0.2, 0.25) is 5.91 Å². The highest BCUT2D eigenvalue weighted by Gasteiger charge is 2.32. The average Bonchev–Trinajstić information content (AvgIpc) is 3.35. The number of carbonyl (C=O) groups excluding carboxylic acids is 1. The molecule has 1 aliphatic heterocycles. The second-order valence-electron chi connectivity index (χ2n) is 6.35. The van der Waals surface area contributed by atoms with Gasteiger partial charge in [0.05, 0.1) is 25.4 Å². The van der Waals surface area contributed by atoms with Crippen molar-refractivity contribution in [1.82, 2.24) is 29.7 Å². The zero-order valence-corrected chi connectivity index (χ0v) is 14.8. The van der Waals surface area contributed by atoms with Gasteiger partial charge in [0.25, 0.3) is 0 Å². The Hall–Kier alpha value is -2.75. The predicted octanol–water partition coefficient (Wildman–Crippen LogP) is 0.419. The third-order valence-corrected chi connectivity index (χ3v) is 4.51. The lowest BCUT2D eigenvalue weighted by Gasteiger charge is -2.26. The van der Waals surface area contributed by atoms with E-state index in [2.05, 4.69) is 15.4 Å². The van der Waals surface area contributed by atoms with Crippen LogP contribution in [0.1, 0.15) is 42.0 Å². The van der Waals surface area contributed by atoms with Crippen LogP contribution in [0.15, 0.2) is 18.5 Å². The number of nitrogens with zero attached hydrogens (tertiary/aromatic N) is 6. The molecule has 3 heterocycles. The van der Waals surface area contributed by atoms with Crippen molar-refractivity contribution in [3.63, 3.8) is 0 Å². The number of likely N-dealkylation sites (tertiary alicyclic amines) is 1. The van der Waals surface area contributed by atoms with Crippen LogP contribution in [0, 0.1) is 0 Å². The van der Waals surface area contributed by atoms with Crippen molar-refractivity contribution in [3.05, 3.63) is 29.8 Å². The van der Waals surface area contributed by atoms with Crippen LogP contribution in [0.3, 0.4) is 0 Å². The maximum absolute atomic E-state index is 12.8. The number of carbonyl (C=O) groups is 2. The van der Waals surface area contributed by atoms with Gasteiger partial charge in [-0.2, -0.15) is 5.10 Å². The topological polar surface area (TPSA) is 115 Å². The number of carboxylic acid groups (broad SMARTS) is 1. The fraction of sp³-hybridized carbons (Fsp3) is 0.562. The number of aromatic nitrogens is 5. The monoisotopic (exact) mass is 362 g/mol. The van der Waals surface area contributed by atoms with Crippen molar-refractivity contribution in [2.45, 2.75) is 38.4 Å². The van der Waals surface area contributed by atoms with E-state index < -0.39 is 12.0 Å². The van der Waals surface area contributed by atoms with E-state index in [4.69, 9.17) is 9.84 Å². The van der Waals surface area contributed by atoms with Gasteiger partial charge in [-0.25, -0.2) is 9.48 Å². The van der Waals surface area contributed by atoms with Gasteiger partial charge in [0.1, 0.15) is 11.7 Å². The number of rotatable bonds is 7. The summed E-state index contributed by atoms with van der Waals surface area (Å²) in [7, 11) is 1.64. The molecule has 1 amide bonds. The summed E-state index contributed by atoms with van der Waals surface area (Å²) in [6.45, 7) is 3.33. The highest BCUT2D eigenvalue weighted by molar-refractivity contribution is 5.85. The number of aromatic carboxylic acids is 1. The molecule has 0 aliphatic carbocycles. The number of methoxy groups -OCH3 is 1. The molecule has 0 bridgehead atoms. The molecule has 1 saturated heterocycles. The Bertz CT molecular complexity index is 785. The van der Waals surface area contributed by atoms with E-state index in [0.29, 0.717) is 12.3 Å². The molecular weight excluding hydrogens is 340 g/mol. The minimum absolute atomic E-state index is 0.00625. The molecular formula is C16H22N6O4. The standard InChI is InChI=1S/C16H22N6O4/c1-11(15(23)21-6-3-4-13(21)10-26-2)22-9-12(17-19-22)8-20-7-5-14(18-20)16(24)25/h5,7,9,11,13H,3-4,6,8,10H2,1-2H3,(H,24,25)/t11?,13-/m1/s1. The number of carboxylic acids is 1. The highest BCUT2D eigenvalue weighted by atomic mass is 16.5. The minimum Gasteiger partial charge on any atom is -0.476 e. The molecule has 0 saturated carbocycles. The van der Waals surface area contributed by atoms with E-state index in [1.54, 1.807) is 26.4 Å². The van der Waals surface area contributed by atoms with Crippen LogP contribution < -0.4 is 0 Å². The minimum atomic E-state index is -1.08. The SMILES string of the molecule is COC[C@H]1CCCN1C(=O)C(C)n1cc(Cn2ccc(C(=O)O)n2)nn1. The molecule has 2 aromatic rings. The zero-order chi connectivity index (χ0) is 18.7. The Morgan fingerprint density at radius 2 is 2.27 bits per heavy atom. The van der Waals surface area contributed by atoms with Crippen molar-refractivity contribution in [2.75, 3.05) is 20.3 Å². The first-order chi connectivity index (χ1) is 12.5. The molecule has 1 unspecified atom stereocenters. The lowest BCUT2D eigenvalue weighted by Crippen LogP contribution is -2.41. The van der Waals surface area contributed by atoms with Crippen molar-refractivity contribution >= 4 is 11.9 Å². The summed E-state index contributed by atoms with van der Waals surface area (Å²) in [4.78, 5) is 25.5. The van der Waals surface area contributed by atoms with E-state index in [1.165, 1.54) is 15.4 Å². The predicted molar refractivity (Wildman–Crippen MR) is 89.6 cm³/mol. The Balaban J connectivity index is 1.66. The second kappa shape index (κ2) is 7.65. The number of amides is 1. The molecule has 2 aromatic heterocycles. The van der Waals surface area contributed by atoms with Crippen LogP contribution >= 0.6 is 0 Å². The Morgan fingerprint density at radius 1 is 1.46 bits per heavy atom. The molecule has 3 rings (SSSR count). The second-order valence-corrected chi connectivity index (χ2v) is 6.35. The van der Waals surface area contributed by atoms with E-state index in [-0.39, 0.29) is 24.2 Å². The quantitative estimate of drug-likeness (QED) is 0.759. The van der Waals surface area contributed by atoms with Crippen LogP contribution in [-0.2, 0) is 16.1 Å². The van der Waals surface area contributed by atoms with E-state index in [9.17, 15) is 9.59 Å². The smallest absolute Gasteiger partial charge is 0.356 e. The van der Waals surface area contributed by atoms with E-state index in [1.807, 2.05) is 4.90 Å². The van der Waals surface area contributed by atoms with Crippen molar-refractivity contribution in [3.8, 4) is 0 Å². The van der Waals surface area contributed by atoms with E-state index in [0.717, 1.165) is 19.4 Å². The molecule has 1 fully saturated rings. The summed E-state index contributed by atoms with van der Waals surface area (Å²) in [5, 5.41) is 21.0. The van der Waals surface area contributed by atoms with Crippen LogP contribution in [0.4, 0.5) is 0 Å². The van der Waals surface area contributed by atoms with Gasteiger partial charge in [-0.05, 0) is 25.8 Å². The molecule has 1 aliphatic rings. The van der Waals surface area contributed by atoms with Gasteiger partial charge in [-0.15, -0.1) is 5.10 Å². The maximum atomic E-state index is 12.8. The van der Waals surface area contributed by atoms with Gasteiger partial charge < -0.3 is 14.7 Å². The highest BCUT2D eigenvalue weighted by Crippen LogP contribution is 2.21. The largest absolute Gasteiger partial charge is 0.476 e. The summed E-state index contributed by atoms with van der Waals surface area (Å²) in [5.41, 5.74) is 0.568. The molecule has 0 aromatic carbocycles. The molecule has 10 heteroatoms. The van der Waals surface area contributed by atoms with Gasteiger partial charge in [0.15, 0.2) is 5.69 Å². The fourth-order valence-corrected chi connectivity index (χ4v) is 3.15. The molecule has 0 radical (unpaired) electrons. The lowest BCUT2D eigenvalue weighted by atomic mass is 10.2. The molecule has 26 heavy (non-hydrogen) atoms. The van der Waals surface area contributed by atoms with Gasteiger partial charge in [0, 0.05) is 19.9 Å². The molecule has 10 nitrogen and oxygen atoms in total. The van der Waals surface area contributed by atoms with Crippen molar-refractivity contribution < 1.29 is 19.4 Å². The molecule has 2 atom stereocenters. The summed E-state index contributed by atoms with van der Waals surface area (Å²) in [6.07, 6.45) is 5.17. The normalized spacial score (nSPS) is 18.2. The van der Waals surface area contributed by atoms with Crippen molar-refractivity contribution in [1.29, 1.82) is 0 Å². The van der Waals surface area contributed by atoms with E-state index >= 15 is 0 Å². The maximum Gasteiger partial charge on any atom is 0.356 e. The zero-order valence-electron chi connectivity index (χ0n) is 14.8. The Morgan fingerprint density at radius 3 is 2.96 bits per heavy atom. The van der Waals surface area contributed by atoms with Crippen LogP contribution in [0.25, 0.3) is 0 Å². The first-order valence-corrected chi connectivity index (χ1v) is 8.46. The van der Waals surface area contributed by atoms with Gasteiger partial charge in [-0.3, -0.25) is 9.48 Å². The third kappa shape index (κ3) is 3.74. The number of ether oxygens (including phenoxy) is 1. The first-order valence-electron chi connectivity index (χ1n) is 8.46. The van der Waals surface area contributed by atoms with Crippen molar-refractivity contribution in [2.24, 2.45) is 0 Å². The number of hydrogen-bond donors (Lipinski definition) is 1. The molecule has 140 valence electrons. The van der Waals surface area contributed by atoms with Gasteiger partial charge in [-0.1, -0.05) is 5.21 Å². The Labute approximate surface area is 150 Å². The Kier molecular flexibility index (Phi) is 5.31. The summed E-state index contributed by atoms with van der Waals surface area (Å²) < 4.78 is 8.20. The first kappa shape index (κ1) is 18.1. The summed E-state index contributed by atoms with van der Waals surface area (Å²) >= 11 is 0. The van der Waals surface area contributed by atoms with Gasteiger partial charge >= 0.3 is 5.97 Å². The summed E-state index contributed by atoms with van der Waals surface area (Å²) in [5.74, 6) is -1.09. The lowest BCUT2D eigenvalue weighted by molar-refractivity contribution is -0.136. The summed E-state index contributed by atoms with van der Waals surface area (Å²) in [6, 6.07) is 1.06. The van der Waals surface area contributed by atoms with Crippen LogP contribution in [-0.4, -0.2) is 73.0 Å². The van der Waals surface area contributed by atoms with Crippen LogP contribution in [0.2, 0.25) is 0 Å². The third-order valence-electron chi connectivity index (χ3n) is 4.51. The fourth-order valence-electron chi connectivity index (χ4n) is 3.15. The molecule has 0 spiro atoms. The van der Waals surface area contributed by atoms with Crippen LogP contribution in [0.5, 0.6) is 0 Å².